The smallest absolute Gasteiger partial charge is 0.237 e. The summed E-state index contributed by atoms with van der Waals surface area (Å²) in [5.41, 5.74) is 3.78. The zero-order valence-corrected chi connectivity index (χ0v) is 17.8. The number of carbonyl (C=O) groups is 2. The van der Waals surface area contributed by atoms with Crippen LogP contribution in [0.4, 0.5) is 5.69 Å². The van der Waals surface area contributed by atoms with Crippen molar-refractivity contribution in [2.24, 2.45) is 5.92 Å². The lowest BCUT2D eigenvalue weighted by molar-refractivity contribution is -0.122. The van der Waals surface area contributed by atoms with Gasteiger partial charge in [-0.2, -0.15) is 0 Å². The first kappa shape index (κ1) is 20.2. The monoisotopic (exact) mass is 442 g/mol. The molecule has 2 amide bonds. The molecule has 0 aliphatic carbocycles. The molecule has 0 saturated carbocycles. The predicted octanol–water partition coefficient (Wildman–Crippen LogP) is 5.78. The van der Waals surface area contributed by atoms with Crippen LogP contribution in [0.2, 0.25) is 5.02 Å². The number of nitrogens with zero attached hydrogens (tertiary/aromatic N) is 2. The molecule has 158 valence electrons. The van der Waals surface area contributed by atoms with Crippen LogP contribution in [-0.2, 0) is 16.0 Å². The highest BCUT2D eigenvalue weighted by Crippen LogP contribution is 2.37. The minimum absolute atomic E-state index is 0.146. The van der Waals surface area contributed by atoms with E-state index in [9.17, 15) is 9.59 Å². The highest BCUT2D eigenvalue weighted by molar-refractivity contribution is 6.30. The summed E-state index contributed by atoms with van der Waals surface area (Å²) in [5.74, 6) is -0.310. The zero-order valence-electron chi connectivity index (χ0n) is 17.1. The molecule has 3 aromatic carbocycles. The molecule has 6 heteroatoms. The minimum Gasteiger partial charge on any atom is -0.355 e. The van der Waals surface area contributed by atoms with Gasteiger partial charge in [-0.05, 0) is 42.8 Å². The molecule has 2 heterocycles. The number of para-hydroxylation sites is 1. The van der Waals surface area contributed by atoms with E-state index in [2.05, 4.69) is 5.16 Å². The quantitative estimate of drug-likeness (QED) is 0.367. The number of hydrogen-bond acceptors (Lipinski definition) is 4. The van der Waals surface area contributed by atoms with E-state index in [0.717, 1.165) is 16.7 Å². The maximum absolute atomic E-state index is 13.2. The van der Waals surface area contributed by atoms with Crippen LogP contribution in [0.15, 0.2) is 89.5 Å². The van der Waals surface area contributed by atoms with Crippen molar-refractivity contribution in [3.05, 3.63) is 95.5 Å². The maximum atomic E-state index is 13.2. The average Bonchev–Trinajstić information content (AvgIpc) is 3.36. The van der Waals surface area contributed by atoms with Crippen LogP contribution in [0, 0.1) is 5.92 Å². The van der Waals surface area contributed by atoms with Crippen molar-refractivity contribution in [2.75, 3.05) is 4.90 Å². The number of rotatable bonds is 5. The summed E-state index contributed by atoms with van der Waals surface area (Å²) < 4.78 is 5.76. The van der Waals surface area contributed by atoms with E-state index >= 15 is 0 Å². The van der Waals surface area contributed by atoms with E-state index in [-0.39, 0.29) is 18.2 Å². The second-order valence-electron chi connectivity index (χ2n) is 7.72. The van der Waals surface area contributed by atoms with Crippen LogP contribution in [0.25, 0.3) is 22.6 Å². The Labute approximate surface area is 190 Å². The van der Waals surface area contributed by atoms with Gasteiger partial charge in [0.2, 0.25) is 11.8 Å². The van der Waals surface area contributed by atoms with Crippen molar-refractivity contribution in [2.45, 2.75) is 12.8 Å². The third-order valence-electron chi connectivity index (χ3n) is 5.65. The highest BCUT2D eigenvalue weighted by Gasteiger charge is 2.40. The van der Waals surface area contributed by atoms with Gasteiger partial charge in [-0.15, -0.1) is 0 Å². The molecule has 0 spiro atoms. The van der Waals surface area contributed by atoms with Gasteiger partial charge >= 0.3 is 0 Å². The van der Waals surface area contributed by atoms with Crippen molar-refractivity contribution < 1.29 is 14.1 Å². The van der Waals surface area contributed by atoms with Gasteiger partial charge in [-0.25, -0.2) is 0 Å². The molecule has 0 radical (unpaired) electrons. The second-order valence-corrected chi connectivity index (χ2v) is 8.16. The molecule has 5 nitrogen and oxygen atoms in total. The Morgan fingerprint density at radius 3 is 2.22 bits per heavy atom. The third kappa shape index (κ3) is 3.72. The van der Waals surface area contributed by atoms with Crippen molar-refractivity contribution >= 4 is 29.1 Å². The number of halogens is 1. The first-order valence-electron chi connectivity index (χ1n) is 10.3. The number of benzene rings is 3. The molecule has 1 aliphatic heterocycles. The normalized spacial score (nSPS) is 16.0. The molecule has 1 atom stereocenters. The average molecular weight is 443 g/mol. The van der Waals surface area contributed by atoms with Gasteiger partial charge in [0.1, 0.15) is 5.69 Å². The Kier molecular flexibility index (Phi) is 5.33. The Morgan fingerprint density at radius 1 is 0.875 bits per heavy atom. The van der Waals surface area contributed by atoms with E-state index in [1.807, 2.05) is 60.7 Å². The summed E-state index contributed by atoms with van der Waals surface area (Å²) in [6.45, 7) is 0. The third-order valence-corrected chi connectivity index (χ3v) is 5.90. The van der Waals surface area contributed by atoms with Gasteiger partial charge in [-0.3, -0.25) is 14.5 Å². The molecule has 1 aliphatic rings. The molecule has 4 aromatic rings. The van der Waals surface area contributed by atoms with Crippen LogP contribution in [0.3, 0.4) is 0 Å². The lowest BCUT2D eigenvalue weighted by Crippen LogP contribution is -2.30. The van der Waals surface area contributed by atoms with Crippen LogP contribution >= 0.6 is 11.6 Å². The fourth-order valence-electron chi connectivity index (χ4n) is 4.10. The van der Waals surface area contributed by atoms with Crippen LogP contribution < -0.4 is 4.90 Å². The Balaban J connectivity index is 1.54. The number of amides is 2. The van der Waals surface area contributed by atoms with Crippen molar-refractivity contribution in [1.82, 2.24) is 5.16 Å². The largest absolute Gasteiger partial charge is 0.355 e. The van der Waals surface area contributed by atoms with Gasteiger partial charge in [0.05, 0.1) is 11.6 Å². The molecule has 1 saturated heterocycles. The van der Waals surface area contributed by atoms with Gasteiger partial charge in [0.15, 0.2) is 5.76 Å². The summed E-state index contributed by atoms with van der Waals surface area (Å²) in [4.78, 5) is 27.2. The zero-order chi connectivity index (χ0) is 22.1. The molecule has 1 fully saturated rings. The maximum Gasteiger partial charge on any atom is 0.237 e. The second kappa shape index (κ2) is 8.44. The van der Waals surface area contributed by atoms with E-state index < -0.39 is 5.92 Å². The number of hydrogen-bond donors (Lipinski definition) is 0. The highest BCUT2D eigenvalue weighted by atomic mass is 35.5. The Hall–Kier alpha value is -3.70. The summed E-state index contributed by atoms with van der Waals surface area (Å²) in [6, 6.07) is 26.0. The van der Waals surface area contributed by atoms with Gasteiger partial charge in [0, 0.05) is 28.1 Å². The molecule has 1 aromatic heterocycles. The summed E-state index contributed by atoms with van der Waals surface area (Å²) in [6.07, 6.45) is 0.493. The van der Waals surface area contributed by atoms with E-state index in [1.165, 1.54) is 4.90 Å². The molecular weight excluding hydrogens is 424 g/mol. The van der Waals surface area contributed by atoms with Gasteiger partial charge in [0.25, 0.3) is 0 Å². The SMILES string of the molecule is O=C1CC(Cc2c(-c3ccccc3)noc2-c2ccc(Cl)cc2)C(=O)N1c1ccccc1. The Morgan fingerprint density at radius 2 is 1.53 bits per heavy atom. The first-order valence-corrected chi connectivity index (χ1v) is 10.7. The number of aromatic nitrogens is 1. The molecule has 5 rings (SSSR count). The van der Waals surface area contributed by atoms with Crippen LogP contribution in [-0.4, -0.2) is 17.0 Å². The predicted molar refractivity (Wildman–Crippen MR) is 123 cm³/mol. The van der Waals surface area contributed by atoms with Gasteiger partial charge in [-0.1, -0.05) is 65.3 Å². The van der Waals surface area contributed by atoms with Crippen molar-refractivity contribution in [1.29, 1.82) is 0 Å². The molecule has 1 unspecified atom stereocenters. The lowest BCUT2D eigenvalue weighted by Gasteiger charge is -2.15. The summed E-state index contributed by atoms with van der Waals surface area (Å²) in [5, 5.41) is 4.95. The van der Waals surface area contributed by atoms with Crippen molar-refractivity contribution in [3.8, 4) is 22.6 Å². The van der Waals surface area contributed by atoms with E-state index in [1.54, 1.807) is 24.3 Å². The standard InChI is InChI=1S/C26H19ClN2O3/c27-20-13-11-18(12-14-20)25-22(24(28-32-25)17-7-3-1-4-8-17)15-19-16-23(30)29(26(19)31)21-9-5-2-6-10-21/h1-14,19H,15-16H2. The minimum atomic E-state index is -0.490. The Bertz CT molecular complexity index is 1270. The number of imide groups is 1. The number of anilines is 1. The molecular formula is C26H19ClN2O3. The van der Waals surface area contributed by atoms with Crippen LogP contribution in [0.5, 0.6) is 0 Å². The fourth-order valence-corrected chi connectivity index (χ4v) is 4.22. The number of carbonyl (C=O) groups excluding carboxylic acids is 2. The van der Waals surface area contributed by atoms with Gasteiger partial charge < -0.3 is 4.52 Å². The summed E-state index contributed by atoms with van der Waals surface area (Å²) in [7, 11) is 0. The van der Waals surface area contributed by atoms with E-state index in [0.29, 0.717) is 28.6 Å². The van der Waals surface area contributed by atoms with Crippen molar-refractivity contribution in [3.63, 3.8) is 0 Å². The van der Waals surface area contributed by atoms with E-state index in [4.69, 9.17) is 16.1 Å². The summed E-state index contributed by atoms with van der Waals surface area (Å²) >= 11 is 6.05. The first-order chi connectivity index (χ1) is 15.6. The molecule has 0 bridgehead atoms. The lowest BCUT2D eigenvalue weighted by atomic mass is 9.92. The fraction of sp³-hybridized carbons (Fsp3) is 0.115. The molecule has 32 heavy (non-hydrogen) atoms. The van der Waals surface area contributed by atoms with Crippen LogP contribution in [0.1, 0.15) is 12.0 Å². The molecule has 0 N–H and O–H groups in total. The topological polar surface area (TPSA) is 63.4 Å².